The molecule has 1 saturated carbocycles. The van der Waals surface area contributed by atoms with E-state index in [0.717, 1.165) is 18.4 Å². The molecule has 1 aromatic rings. The number of hydrogen-bond acceptors (Lipinski definition) is 3. The van der Waals surface area contributed by atoms with E-state index in [0.29, 0.717) is 12.6 Å². The van der Waals surface area contributed by atoms with Gasteiger partial charge in [0.15, 0.2) is 0 Å². The molecule has 5 heteroatoms. The van der Waals surface area contributed by atoms with Crippen LogP contribution in [0.4, 0.5) is 0 Å². The summed E-state index contributed by atoms with van der Waals surface area (Å²) in [5.41, 5.74) is 0.821. The van der Waals surface area contributed by atoms with E-state index in [-0.39, 0.29) is 12.3 Å². The second kappa shape index (κ2) is 7.94. The quantitative estimate of drug-likeness (QED) is 0.810. The van der Waals surface area contributed by atoms with Crippen LogP contribution in [0.15, 0.2) is 30.3 Å². The number of hydrogen-bond donors (Lipinski definition) is 2. The zero-order chi connectivity index (χ0) is 15.9. The van der Waals surface area contributed by atoms with Crippen LogP contribution < -0.4 is 5.32 Å². The number of carboxylic acid groups (broad SMARTS) is 1. The van der Waals surface area contributed by atoms with Gasteiger partial charge in [0.1, 0.15) is 0 Å². The molecule has 2 rings (SSSR count). The minimum atomic E-state index is -0.918. The number of aliphatic carboxylic acids is 1. The van der Waals surface area contributed by atoms with Crippen LogP contribution in [-0.4, -0.2) is 41.5 Å². The minimum Gasteiger partial charge on any atom is -0.481 e. The fourth-order valence-corrected chi connectivity index (χ4v) is 3.05. The normalized spacial score (nSPS) is 16.6. The molecule has 0 unspecified atom stereocenters. The van der Waals surface area contributed by atoms with Crippen LogP contribution in [0.5, 0.6) is 0 Å². The molecule has 120 valence electrons. The van der Waals surface area contributed by atoms with Crippen LogP contribution in [-0.2, 0) is 9.59 Å². The van der Waals surface area contributed by atoms with Crippen LogP contribution in [0.2, 0.25) is 0 Å². The first-order valence-corrected chi connectivity index (χ1v) is 7.82. The highest BCUT2D eigenvalue weighted by atomic mass is 16.4. The average Bonchev–Trinajstić information content (AvgIpc) is 3.01. The maximum Gasteiger partial charge on any atom is 0.305 e. The lowest BCUT2D eigenvalue weighted by Crippen LogP contribution is -2.41. The molecule has 1 fully saturated rings. The lowest BCUT2D eigenvalue weighted by Gasteiger charge is -2.25. The number of rotatable bonds is 7. The smallest absolute Gasteiger partial charge is 0.305 e. The molecular formula is C17H24N2O3. The van der Waals surface area contributed by atoms with Crippen LogP contribution in [0.3, 0.4) is 0 Å². The molecule has 1 aliphatic rings. The van der Waals surface area contributed by atoms with Gasteiger partial charge in [-0.15, -0.1) is 0 Å². The van der Waals surface area contributed by atoms with Gasteiger partial charge in [-0.3, -0.25) is 14.5 Å². The standard InChI is InChI=1S/C17H24N2O3/c1-19(14-9-5-6-10-14)12-16(20)18-15(11-17(21)22)13-7-3-2-4-8-13/h2-4,7-8,14-15H,5-6,9-12H2,1H3,(H,18,20)(H,21,22)/t15-/m0/s1. The van der Waals surface area contributed by atoms with Gasteiger partial charge in [0.2, 0.25) is 5.91 Å². The molecule has 0 radical (unpaired) electrons. The van der Waals surface area contributed by atoms with Gasteiger partial charge in [0.05, 0.1) is 19.0 Å². The maximum absolute atomic E-state index is 12.2. The predicted octanol–water partition coefficient (Wildman–Crippen LogP) is 2.19. The summed E-state index contributed by atoms with van der Waals surface area (Å²) >= 11 is 0. The molecule has 0 aliphatic heterocycles. The van der Waals surface area contributed by atoms with Gasteiger partial charge in [-0.25, -0.2) is 0 Å². The van der Waals surface area contributed by atoms with Gasteiger partial charge in [-0.1, -0.05) is 43.2 Å². The average molecular weight is 304 g/mol. The van der Waals surface area contributed by atoms with Crippen LogP contribution in [0, 0.1) is 0 Å². The second-order valence-electron chi connectivity index (χ2n) is 5.98. The molecule has 1 aromatic carbocycles. The van der Waals surface area contributed by atoms with Crippen LogP contribution in [0.1, 0.15) is 43.7 Å². The molecule has 1 aliphatic carbocycles. The molecule has 5 nitrogen and oxygen atoms in total. The summed E-state index contributed by atoms with van der Waals surface area (Å²) < 4.78 is 0. The van der Waals surface area contributed by atoms with Crippen molar-refractivity contribution in [2.45, 2.75) is 44.2 Å². The molecule has 22 heavy (non-hydrogen) atoms. The lowest BCUT2D eigenvalue weighted by atomic mass is 10.0. The van der Waals surface area contributed by atoms with E-state index in [9.17, 15) is 9.59 Å². The Labute approximate surface area is 131 Å². The largest absolute Gasteiger partial charge is 0.481 e. The Balaban J connectivity index is 1.94. The fraction of sp³-hybridized carbons (Fsp3) is 0.529. The lowest BCUT2D eigenvalue weighted by molar-refractivity contribution is -0.137. The third kappa shape index (κ3) is 4.84. The van der Waals surface area contributed by atoms with Crippen molar-refractivity contribution >= 4 is 11.9 Å². The van der Waals surface area contributed by atoms with Gasteiger partial charge in [0, 0.05) is 6.04 Å². The van der Waals surface area contributed by atoms with E-state index in [1.165, 1.54) is 12.8 Å². The number of likely N-dealkylation sites (N-methyl/N-ethyl adjacent to an activating group) is 1. The number of carbonyl (C=O) groups excluding carboxylic acids is 1. The molecule has 0 spiro atoms. The molecular weight excluding hydrogens is 280 g/mol. The Kier molecular flexibility index (Phi) is 5.95. The zero-order valence-corrected chi connectivity index (χ0v) is 13.0. The Bertz CT molecular complexity index is 498. The minimum absolute atomic E-state index is 0.108. The van der Waals surface area contributed by atoms with E-state index >= 15 is 0 Å². The van der Waals surface area contributed by atoms with Crippen molar-refractivity contribution in [2.24, 2.45) is 0 Å². The number of carbonyl (C=O) groups is 2. The van der Waals surface area contributed by atoms with E-state index in [1.807, 2.05) is 37.4 Å². The molecule has 0 aromatic heterocycles. The number of carboxylic acids is 1. The summed E-state index contributed by atoms with van der Waals surface area (Å²) in [6, 6.07) is 9.24. The molecule has 2 N–H and O–H groups in total. The van der Waals surface area contributed by atoms with Gasteiger partial charge in [-0.05, 0) is 25.5 Å². The maximum atomic E-state index is 12.2. The Morgan fingerprint density at radius 3 is 2.50 bits per heavy atom. The van der Waals surface area contributed by atoms with Crippen LogP contribution in [0.25, 0.3) is 0 Å². The van der Waals surface area contributed by atoms with Gasteiger partial charge >= 0.3 is 5.97 Å². The third-order valence-corrected chi connectivity index (χ3v) is 4.26. The van der Waals surface area contributed by atoms with Crippen LogP contribution >= 0.6 is 0 Å². The summed E-state index contributed by atoms with van der Waals surface area (Å²) in [7, 11) is 1.96. The van der Waals surface area contributed by atoms with E-state index in [4.69, 9.17) is 5.11 Å². The first-order chi connectivity index (χ1) is 10.6. The summed E-state index contributed by atoms with van der Waals surface area (Å²) in [5, 5.41) is 11.9. The van der Waals surface area contributed by atoms with Crippen molar-refractivity contribution in [1.82, 2.24) is 10.2 Å². The van der Waals surface area contributed by atoms with Crippen molar-refractivity contribution in [3.05, 3.63) is 35.9 Å². The molecule has 0 bridgehead atoms. The summed E-state index contributed by atoms with van der Waals surface area (Å²) in [5.74, 6) is -1.04. The Hall–Kier alpha value is -1.88. The SMILES string of the molecule is CN(CC(=O)N[C@@H](CC(=O)O)c1ccccc1)C1CCCC1. The topological polar surface area (TPSA) is 69.6 Å². The first kappa shape index (κ1) is 16.5. The highest BCUT2D eigenvalue weighted by Gasteiger charge is 2.23. The fourth-order valence-electron chi connectivity index (χ4n) is 3.05. The third-order valence-electron chi connectivity index (χ3n) is 4.26. The molecule has 1 atom stereocenters. The molecule has 1 amide bonds. The molecule has 0 saturated heterocycles. The van der Waals surface area contributed by atoms with E-state index in [1.54, 1.807) is 0 Å². The molecule has 0 heterocycles. The monoisotopic (exact) mass is 304 g/mol. The van der Waals surface area contributed by atoms with E-state index < -0.39 is 12.0 Å². The Morgan fingerprint density at radius 2 is 1.91 bits per heavy atom. The predicted molar refractivity (Wildman–Crippen MR) is 84.5 cm³/mol. The number of nitrogens with one attached hydrogen (secondary N) is 1. The number of benzene rings is 1. The number of amides is 1. The van der Waals surface area contributed by atoms with Crippen molar-refractivity contribution in [1.29, 1.82) is 0 Å². The van der Waals surface area contributed by atoms with Gasteiger partial charge < -0.3 is 10.4 Å². The van der Waals surface area contributed by atoms with Crippen molar-refractivity contribution < 1.29 is 14.7 Å². The summed E-state index contributed by atoms with van der Waals surface area (Å²) in [6.45, 7) is 0.313. The Morgan fingerprint density at radius 1 is 1.27 bits per heavy atom. The zero-order valence-electron chi connectivity index (χ0n) is 13.0. The van der Waals surface area contributed by atoms with Gasteiger partial charge in [-0.2, -0.15) is 0 Å². The van der Waals surface area contributed by atoms with E-state index in [2.05, 4.69) is 10.2 Å². The summed E-state index contributed by atoms with van der Waals surface area (Å²) in [4.78, 5) is 25.3. The van der Waals surface area contributed by atoms with Crippen molar-refractivity contribution in [2.75, 3.05) is 13.6 Å². The summed E-state index contributed by atoms with van der Waals surface area (Å²) in [6.07, 6.45) is 4.62. The first-order valence-electron chi connectivity index (χ1n) is 7.82. The van der Waals surface area contributed by atoms with Crippen molar-refractivity contribution in [3.8, 4) is 0 Å². The highest BCUT2D eigenvalue weighted by molar-refractivity contribution is 5.79. The highest BCUT2D eigenvalue weighted by Crippen LogP contribution is 2.22. The van der Waals surface area contributed by atoms with Gasteiger partial charge in [0.25, 0.3) is 0 Å². The second-order valence-corrected chi connectivity index (χ2v) is 5.98. The van der Waals surface area contributed by atoms with Crippen molar-refractivity contribution in [3.63, 3.8) is 0 Å². The number of nitrogens with zero attached hydrogens (tertiary/aromatic N) is 1.